The van der Waals surface area contributed by atoms with Crippen molar-refractivity contribution in [1.29, 1.82) is 0 Å². The molecule has 2 bridgehead atoms. The van der Waals surface area contributed by atoms with E-state index in [0.29, 0.717) is 31.1 Å². The molecule has 2 aromatic rings. The van der Waals surface area contributed by atoms with Gasteiger partial charge in [-0.1, -0.05) is 30.7 Å². The molecule has 1 saturated heterocycles. The summed E-state index contributed by atoms with van der Waals surface area (Å²) in [5, 5.41) is 0.662. The van der Waals surface area contributed by atoms with Gasteiger partial charge in [0.2, 0.25) is 10.0 Å². The number of rotatable bonds is 4. The van der Waals surface area contributed by atoms with E-state index in [-0.39, 0.29) is 23.1 Å². The Bertz CT molecular complexity index is 1010. The second kappa shape index (κ2) is 7.08. The maximum absolute atomic E-state index is 12.6. The summed E-state index contributed by atoms with van der Waals surface area (Å²) in [7, 11) is -3.24. The molecule has 144 valence electrons. The molecule has 2 aliphatic rings. The molecule has 1 aromatic carbocycles. The van der Waals surface area contributed by atoms with Gasteiger partial charge in [-0.15, -0.1) is 0 Å². The Hall–Kier alpha value is -1.63. The fourth-order valence-corrected chi connectivity index (χ4v) is 6.20. The van der Waals surface area contributed by atoms with Crippen molar-refractivity contribution in [2.24, 2.45) is 5.92 Å². The normalized spacial score (nSPS) is 22.4. The van der Waals surface area contributed by atoms with Crippen molar-refractivity contribution in [2.45, 2.75) is 32.2 Å². The Morgan fingerprint density at radius 2 is 1.81 bits per heavy atom. The standard InChI is InChI=1S/C20H23ClN2O3S/c1-2-9-27(25,26)22-11-14-10-16(13-22)20-18(7-8-19(24)23(20)12-14)15-3-5-17(21)6-4-15/h3-8,14,16H,2,9-13H2,1H3/t14-,16+/m0/s1. The van der Waals surface area contributed by atoms with E-state index in [1.165, 1.54) is 0 Å². The zero-order valence-corrected chi connectivity index (χ0v) is 16.8. The second-order valence-electron chi connectivity index (χ2n) is 7.52. The van der Waals surface area contributed by atoms with Gasteiger partial charge in [0.25, 0.3) is 5.56 Å². The number of sulfonamides is 1. The Kier molecular flexibility index (Phi) is 4.91. The molecule has 4 rings (SSSR count). The number of piperidine rings is 1. The minimum Gasteiger partial charge on any atom is -0.311 e. The van der Waals surface area contributed by atoms with Crippen LogP contribution < -0.4 is 5.56 Å². The summed E-state index contributed by atoms with van der Waals surface area (Å²) in [5.74, 6) is 0.391. The zero-order valence-electron chi connectivity index (χ0n) is 15.3. The number of hydrogen-bond acceptors (Lipinski definition) is 3. The molecule has 0 aliphatic carbocycles. The van der Waals surface area contributed by atoms with Gasteiger partial charge in [0.05, 0.1) is 5.75 Å². The first kappa shape index (κ1) is 18.7. The first-order chi connectivity index (χ1) is 12.9. The van der Waals surface area contributed by atoms with Crippen LogP contribution in [0.25, 0.3) is 11.1 Å². The van der Waals surface area contributed by atoms with Gasteiger partial charge in [-0.2, -0.15) is 0 Å². The van der Waals surface area contributed by atoms with Gasteiger partial charge >= 0.3 is 0 Å². The molecule has 0 saturated carbocycles. The van der Waals surface area contributed by atoms with Crippen molar-refractivity contribution in [3.63, 3.8) is 0 Å². The number of aromatic nitrogens is 1. The fourth-order valence-electron chi connectivity index (χ4n) is 4.46. The van der Waals surface area contributed by atoms with E-state index in [0.717, 1.165) is 23.2 Å². The van der Waals surface area contributed by atoms with Crippen molar-refractivity contribution < 1.29 is 8.42 Å². The Balaban J connectivity index is 1.79. The predicted molar refractivity (Wildman–Crippen MR) is 108 cm³/mol. The van der Waals surface area contributed by atoms with Gasteiger partial charge in [0, 0.05) is 47.9 Å². The van der Waals surface area contributed by atoms with E-state index >= 15 is 0 Å². The van der Waals surface area contributed by atoms with Crippen LogP contribution in [0.2, 0.25) is 5.02 Å². The molecule has 1 fully saturated rings. The molecule has 0 N–H and O–H groups in total. The van der Waals surface area contributed by atoms with E-state index in [1.807, 2.05) is 41.8 Å². The first-order valence-electron chi connectivity index (χ1n) is 9.36. The van der Waals surface area contributed by atoms with Gasteiger partial charge in [0.1, 0.15) is 0 Å². The van der Waals surface area contributed by atoms with E-state index in [1.54, 1.807) is 10.4 Å². The average molecular weight is 407 g/mol. The predicted octanol–water partition coefficient (Wildman–Crippen LogP) is 3.33. The van der Waals surface area contributed by atoms with Crippen molar-refractivity contribution in [3.8, 4) is 11.1 Å². The highest BCUT2D eigenvalue weighted by atomic mass is 35.5. The van der Waals surface area contributed by atoms with Gasteiger partial charge in [-0.25, -0.2) is 12.7 Å². The topological polar surface area (TPSA) is 59.4 Å². The summed E-state index contributed by atoms with van der Waals surface area (Å²) in [6.07, 6.45) is 1.53. The minimum atomic E-state index is -3.24. The molecule has 3 heterocycles. The van der Waals surface area contributed by atoms with Crippen LogP contribution in [0.5, 0.6) is 0 Å². The smallest absolute Gasteiger partial charge is 0.250 e. The van der Waals surface area contributed by atoms with Gasteiger partial charge < -0.3 is 4.57 Å². The fraction of sp³-hybridized carbons (Fsp3) is 0.450. The number of fused-ring (bicyclic) bond motifs is 4. The Labute approximate surface area is 164 Å². The number of benzene rings is 1. The Morgan fingerprint density at radius 3 is 2.52 bits per heavy atom. The quantitative estimate of drug-likeness (QED) is 0.782. The van der Waals surface area contributed by atoms with Gasteiger partial charge in [0.15, 0.2) is 0 Å². The monoisotopic (exact) mass is 406 g/mol. The lowest BCUT2D eigenvalue weighted by Gasteiger charge is -2.43. The lowest BCUT2D eigenvalue weighted by molar-refractivity contribution is 0.187. The summed E-state index contributed by atoms with van der Waals surface area (Å²) in [6, 6.07) is 11.0. The molecule has 0 amide bonds. The highest BCUT2D eigenvalue weighted by Crippen LogP contribution is 2.40. The summed E-state index contributed by atoms with van der Waals surface area (Å²) in [4.78, 5) is 12.5. The minimum absolute atomic E-state index is 0.0118. The molecule has 1 aromatic heterocycles. The summed E-state index contributed by atoms with van der Waals surface area (Å²) < 4.78 is 28.8. The van der Waals surface area contributed by atoms with Crippen LogP contribution in [0.15, 0.2) is 41.2 Å². The molecule has 2 aliphatic heterocycles. The summed E-state index contributed by atoms with van der Waals surface area (Å²) in [5.41, 5.74) is 2.93. The molecule has 27 heavy (non-hydrogen) atoms. The van der Waals surface area contributed by atoms with E-state index in [4.69, 9.17) is 11.6 Å². The van der Waals surface area contributed by atoms with E-state index in [2.05, 4.69) is 0 Å². The lowest BCUT2D eigenvalue weighted by atomic mass is 9.81. The van der Waals surface area contributed by atoms with Gasteiger partial charge in [-0.3, -0.25) is 4.79 Å². The third-order valence-corrected chi connectivity index (χ3v) is 7.83. The summed E-state index contributed by atoms with van der Waals surface area (Å²) >= 11 is 6.02. The van der Waals surface area contributed by atoms with Crippen LogP contribution in [0.4, 0.5) is 0 Å². The van der Waals surface area contributed by atoms with Crippen molar-refractivity contribution in [3.05, 3.63) is 57.5 Å². The molecule has 5 nitrogen and oxygen atoms in total. The highest BCUT2D eigenvalue weighted by Gasteiger charge is 2.39. The van der Waals surface area contributed by atoms with Crippen molar-refractivity contribution >= 4 is 21.6 Å². The van der Waals surface area contributed by atoms with Crippen LogP contribution in [0, 0.1) is 5.92 Å². The largest absolute Gasteiger partial charge is 0.311 e. The lowest BCUT2D eigenvalue weighted by Crippen LogP contribution is -2.49. The van der Waals surface area contributed by atoms with E-state index in [9.17, 15) is 13.2 Å². The third kappa shape index (κ3) is 3.46. The number of pyridine rings is 1. The van der Waals surface area contributed by atoms with Gasteiger partial charge in [-0.05, 0) is 42.5 Å². The molecule has 7 heteroatoms. The van der Waals surface area contributed by atoms with Crippen LogP contribution in [-0.2, 0) is 16.6 Å². The SMILES string of the molecule is CCCS(=O)(=O)N1C[C@@H]2C[C@H](C1)c1c(-c3ccc(Cl)cc3)ccc(=O)n1C2. The number of nitrogens with zero attached hydrogens (tertiary/aromatic N) is 2. The molecule has 0 unspecified atom stereocenters. The average Bonchev–Trinajstić information content (AvgIpc) is 2.63. The second-order valence-corrected chi connectivity index (χ2v) is 10.0. The van der Waals surface area contributed by atoms with Crippen LogP contribution in [0.1, 0.15) is 31.4 Å². The molecular weight excluding hydrogens is 384 g/mol. The zero-order chi connectivity index (χ0) is 19.2. The van der Waals surface area contributed by atoms with Crippen LogP contribution in [0.3, 0.4) is 0 Å². The highest BCUT2D eigenvalue weighted by molar-refractivity contribution is 7.89. The van der Waals surface area contributed by atoms with Crippen LogP contribution >= 0.6 is 11.6 Å². The molecule has 0 spiro atoms. The Morgan fingerprint density at radius 1 is 1.07 bits per heavy atom. The van der Waals surface area contributed by atoms with Crippen molar-refractivity contribution in [1.82, 2.24) is 8.87 Å². The third-order valence-electron chi connectivity index (χ3n) is 5.57. The maximum Gasteiger partial charge on any atom is 0.250 e. The first-order valence-corrected chi connectivity index (χ1v) is 11.3. The van der Waals surface area contributed by atoms with Crippen molar-refractivity contribution in [2.75, 3.05) is 18.8 Å². The summed E-state index contributed by atoms with van der Waals surface area (Å²) in [6.45, 7) is 3.42. The molecular formula is C20H23ClN2O3S. The molecule has 0 radical (unpaired) electrons. The number of hydrogen-bond donors (Lipinski definition) is 0. The van der Waals surface area contributed by atoms with Crippen LogP contribution in [-0.4, -0.2) is 36.1 Å². The number of halogens is 1. The maximum atomic E-state index is 12.6. The molecule has 2 atom stereocenters. The van der Waals surface area contributed by atoms with E-state index < -0.39 is 10.0 Å².